The van der Waals surface area contributed by atoms with E-state index in [2.05, 4.69) is 29.6 Å². The Kier molecular flexibility index (Phi) is 3.66. The Morgan fingerprint density at radius 3 is 2.96 bits per heavy atom. The topological polar surface area (TPSA) is 47.6 Å². The first-order chi connectivity index (χ1) is 11.3. The van der Waals surface area contributed by atoms with Gasteiger partial charge in [0.25, 0.3) is 0 Å². The van der Waals surface area contributed by atoms with Crippen molar-refractivity contribution in [3.8, 4) is 11.5 Å². The Balaban J connectivity index is 1.34. The molecule has 0 spiro atoms. The molecule has 0 aromatic heterocycles. The molecule has 0 saturated heterocycles. The van der Waals surface area contributed by atoms with E-state index in [4.69, 9.17) is 9.47 Å². The number of benzene rings is 2. The summed E-state index contributed by atoms with van der Waals surface area (Å²) in [5.74, 6) is 1.97. The molecule has 1 aliphatic carbocycles. The van der Waals surface area contributed by atoms with Gasteiger partial charge in [0.15, 0.2) is 11.5 Å². The highest BCUT2D eigenvalue weighted by molar-refractivity contribution is 5.77. The largest absolute Gasteiger partial charge is 0.454 e. The SMILES string of the molecule is O=C(C[C@H]1CCc2ccccc21)NCc1ccc2c(c1)OCO2. The van der Waals surface area contributed by atoms with Crippen LogP contribution in [-0.2, 0) is 17.8 Å². The van der Waals surface area contributed by atoms with Crippen molar-refractivity contribution >= 4 is 5.91 Å². The van der Waals surface area contributed by atoms with Crippen LogP contribution < -0.4 is 14.8 Å². The molecule has 2 aliphatic rings. The number of fused-ring (bicyclic) bond motifs is 2. The maximum absolute atomic E-state index is 12.2. The average molecular weight is 309 g/mol. The van der Waals surface area contributed by atoms with Gasteiger partial charge in [0, 0.05) is 13.0 Å². The second-order valence-electron chi connectivity index (χ2n) is 6.10. The number of aryl methyl sites for hydroxylation is 1. The average Bonchev–Trinajstić information content (AvgIpc) is 3.20. The maximum atomic E-state index is 12.2. The predicted octanol–water partition coefficient (Wildman–Crippen LogP) is 3.15. The van der Waals surface area contributed by atoms with Crippen LogP contribution in [-0.4, -0.2) is 12.7 Å². The Morgan fingerprint density at radius 1 is 1.13 bits per heavy atom. The van der Waals surface area contributed by atoms with Crippen molar-refractivity contribution in [1.29, 1.82) is 0 Å². The third-order valence-corrected chi connectivity index (χ3v) is 4.62. The molecule has 2 aromatic carbocycles. The van der Waals surface area contributed by atoms with Crippen LogP contribution in [0.25, 0.3) is 0 Å². The van der Waals surface area contributed by atoms with Gasteiger partial charge in [-0.15, -0.1) is 0 Å². The lowest BCUT2D eigenvalue weighted by Gasteiger charge is -2.12. The lowest BCUT2D eigenvalue weighted by Crippen LogP contribution is -2.24. The summed E-state index contributed by atoms with van der Waals surface area (Å²) in [5.41, 5.74) is 3.75. The second-order valence-corrected chi connectivity index (χ2v) is 6.10. The van der Waals surface area contributed by atoms with Gasteiger partial charge in [-0.25, -0.2) is 0 Å². The van der Waals surface area contributed by atoms with Crippen molar-refractivity contribution in [2.24, 2.45) is 0 Å². The minimum absolute atomic E-state index is 0.101. The van der Waals surface area contributed by atoms with E-state index in [0.717, 1.165) is 29.9 Å². The molecule has 1 atom stereocenters. The highest BCUT2D eigenvalue weighted by atomic mass is 16.7. The lowest BCUT2D eigenvalue weighted by atomic mass is 9.97. The Bertz CT molecular complexity index is 741. The van der Waals surface area contributed by atoms with Gasteiger partial charge in [0.1, 0.15) is 0 Å². The molecule has 4 heteroatoms. The third-order valence-electron chi connectivity index (χ3n) is 4.62. The summed E-state index contributed by atoms with van der Waals surface area (Å²) in [6, 6.07) is 14.2. The molecule has 23 heavy (non-hydrogen) atoms. The van der Waals surface area contributed by atoms with Crippen LogP contribution in [0.4, 0.5) is 0 Å². The Morgan fingerprint density at radius 2 is 2.00 bits per heavy atom. The standard InChI is InChI=1S/C19H19NO3/c21-19(10-15-7-6-14-3-1-2-4-16(14)15)20-11-13-5-8-17-18(9-13)23-12-22-17/h1-5,8-9,15H,6-7,10-12H2,(H,20,21)/t15-/m1/s1. The van der Waals surface area contributed by atoms with Crippen LogP contribution in [0, 0.1) is 0 Å². The van der Waals surface area contributed by atoms with E-state index in [0.29, 0.717) is 18.9 Å². The molecule has 0 radical (unpaired) electrons. The quantitative estimate of drug-likeness (QED) is 0.944. The van der Waals surface area contributed by atoms with Gasteiger partial charge >= 0.3 is 0 Å². The number of ether oxygens (including phenoxy) is 2. The fraction of sp³-hybridized carbons (Fsp3) is 0.316. The number of carbonyl (C=O) groups is 1. The molecular weight excluding hydrogens is 290 g/mol. The summed E-state index contributed by atoms with van der Waals surface area (Å²) in [6.07, 6.45) is 2.70. The van der Waals surface area contributed by atoms with Gasteiger partial charge in [0.05, 0.1) is 0 Å². The second kappa shape index (κ2) is 5.95. The number of rotatable bonds is 4. The maximum Gasteiger partial charge on any atom is 0.231 e. The summed E-state index contributed by atoms with van der Waals surface area (Å²) in [7, 11) is 0. The number of nitrogens with one attached hydrogen (secondary N) is 1. The minimum atomic E-state index is 0.101. The summed E-state index contributed by atoms with van der Waals surface area (Å²) < 4.78 is 10.6. The first-order valence-electron chi connectivity index (χ1n) is 8.02. The summed E-state index contributed by atoms with van der Waals surface area (Å²) in [6.45, 7) is 0.788. The van der Waals surface area contributed by atoms with Gasteiger partial charge in [-0.05, 0) is 47.6 Å². The molecular formula is C19H19NO3. The van der Waals surface area contributed by atoms with Crippen LogP contribution in [0.2, 0.25) is 0 Å². The van der Waals surface area contributed by atoms with E-state index in [1.165, 1.54) is 11.1 Å². The summed E-state index contributed by atoms with van der Waals surface area (Å²) in [4.78, 5) is 12.2. The molecule has 4 rings (SSSR count). The van der Waals surface area contributed by atoms with E-state index >= 15 is 0 Å². The normalized spacial score (nSPS) is 17.8. The number of hydrogen-bond acceptors (Lipinski definition) is 3. The van der Waals surface area contributed by atoms with E-state index in [1.807, 2.05) is 18.2 Å². The fourth-order valence-corrected chi connectivity index (χ4v) is 3.40. The summed E-state index contributed by atoms with van der Waals surface area (Å²) in [5, 5.41) is 3.01. The number of hydrogen-bond donors (Lipinski definition) is 1. The van der Waals surface area contributed by atoms with Crippen LogP contribution in [0.5, 0.6) is 11.5 Å². The van der Waals surface area contributed by atoms with Crippen molar-refractivity contribution in [3.05, 3.63) is 59.2 Å². The molecule has 4 nitrogen and oxygen atoms in total. The monoisotopic (exact) mass is 309 g/mol. The molecule has 1 heterocycles. The molecule has 1 amide bonds. The van der Waals surface area contributed by atoms with Crippen LogP contribution in [0.15, 0.2) is 42.5 Å². The number of carbonyl (C=O) groups excluding carboxylic acids is 1. The highest BCUT2D eigenvalue weighted by Crippen LogP contribution is 2.35. The van der Waals surface area contributed by atoms with E-state index in [1.54, 1.807) is 0 Å². The summed E-state index contributed by atoms with van der Waals surface area (Å²) >= 11 is 0. The van der Waals surface area contributed by atoms with Crippen LogP contribution >= 0.6 is 0 Å². The molecule has 1 aliphatic heterocycles. The molecule has 0 saturated carbocycles. The van der Waals surface area contributed by atoms with E-state index in [9.17, 15) is 4.79 Å². The van der Waals surface area contributed by atoms with Gasteiger partial charge < -0.3 is 14.8 Å². The van der Waals surface area contributed by atoms with Crippen LogP contribution in [0.1, 0.15) is 35.4 Å². The van der Waals surface area contributed by atoms with E-state index in [-0.39, 0.29) is 12.7 Å². The van der Waals surface area contributed by atoms with Crippen molar-refractivity contribution in [2.75, 3.05) is 6.79 Å². The van der Waals surface area contributed by atoms with Gasteiger partial charge in [0.2, 0.25) is 12.7 Å². The van der Waals surface area contributed by atoms with Gasteiger partial charge in [-0.1, -0.05) is 30.3 Å². The van der Waals surface area contributed by atoms with E-state index < -0.39 is 0 Å². The highest BCUT2D eigenvalue weighted by Gasteiger charge is 2.24. The van der Waals surface area contributed by atoms with Crippen LogP contribution in [0.3, 0.4) is 0 Å². The zero-order valence-corrected chi connectivity index (χ0v) is 12.9. The molecule has 0 unspecified atom stereocenters. The predicted molar refractivity (Wildman–Crippen MR) is 86.5 cm³/mol. The minimum Gasteiger partial charge on any atom is -0.454 e. The molecule has 1 N–H and O–H groups in total. The van der Waals surface area contributed by atoms with Crippen molar-refractivity contribution in [2.45, 2.75) is 31.7 Å². The van der Waals surface area contributed by atoms with Crippen molar-refractivity contribution in [1.82, 2.24) is 5.32 Å². The van der Waals surface area contributed by atoms with Crippen molar-refractivity contribution < 1.29 is 14.3 Å². The number of amides is 1. The lowest BCUT2D eigenvalue weighted by molar-refractivity contribution is -0.121. The third kappa shape index (κ3) is 2.89. The zero-order chi connectivity index (χ0) is 15.6. The first-order valence-corrected chi connectivity index (χ1v) is 8.02. The first kappa shape index (κ1) is 14.1. The fourth-order valence-electron chi connectivity index (χ4n) is 3.40. The molecule has 0 bridgehead atoms. The molecule has 2 aromatic rings. The Hall–Kier alpha value is -2.49. The Labute approximate surface area is 135 Å². The zero-order valence-electron chi connectivity index (χ0n) is 12.9. The van der Waals surface area contributed by atoms with Gasteiger partial charge in [-0.2, -0.15) is 0 Å². The van der Waals surface area contributed by atoms with Gasteiger partial charge in [-0.3, -0.25) is 4.79 Å². The van der Waals surface area contributed by atoms with Crippen molar-refractivity contribution in [3.63, 3.8) is 0 Å². The molecule has 0 fully saturated rings. The molecule has 118 valence electrons. The smallest absolute Gasteiger partial charge is 0.231 e.